The molecule has 1 N–H and O–H groups in total. The summed E-state index contributed by atoms with van der Waals surface area (Å²) in [5.41, 5.74) is 2.66. The number of tetrazole rings is 1. The molecule has 204 valence electrons. The van der Waals surface area contributed by atoms with Crippen LogP contribution in [0, 0.1) is 11.6 Å². The quantitative estimate of drug-likeness (QED) is 0.409. The van der Waals surface area contributed by atoms with Crippen molar-refractivity contribution < 1.29 is 28.2 Å². The van der Waals surface area contributed by atoms with Crippen LogP contribution in [0.25, 0.3) is 11.1 Å². The van der Waals surface area contributed by atoms with Gasteiger partial charge in [-0.3, -0.25) is 4.79 Å². The van der Waals surface area contributed by atoms with Gasteiger partial charge >= 0.3 is 5.97 Å². The Hall–Kier alpha value is -3.76. The van der Waals surface area contributed by atoms with Gasteiger partial charge in [-0.1, -0.05) is 42.8 Å². The van der Waals surface area contributed by atoms with E-state index in [1.54, 1.807) is 31.3 Å². The summed E-state index contributed by atoms with van der Waals surface area (Å²) in [6, 6.07) is 12.0. The zero-order valence-electron chi connectivity index (χ0n) is 21.6. The smallest absolute Gasteiger partial charge is 0.305 e. The van der Waals surface area contributed by atoms with Gasteiger partial charge in [0, 0.05) is 31.9 Å². The molecular formula is C29H30F2N4O4. The molecule has 2 aliphatic rings. The van der Waals surface area contributed by atoms with Gasteiger partial charge in [0.25, 0.3) is 0 Å². The van der Waals surface area contributed by atoms with Crippen LogP contribution < -0.4 is 0 Å². The van der Waals surface area contributed by atoms with Gasteiger partial charge in [-0.05, 0) is 64.2 Å². The molecule has 5 rings (SSSR count). The van der Waals surface area contributed by atoms with Crippen LogP contribution >= 0.6 is 0 Å². The molecule has 1 spiro atoms. The summed E-state index contributed by atoms with van der Waals surface area (Å²) in [4.78, 5) is 11.5. The number of carboxylic acid groups (broad SMARTS) is 1. The lowest BCUT2D eigenvalue weighted by atomic mass is 9.90. The van der Waals surface area contributed by atoms with Crippen molar-refractivity contribution in [1.29, 1.82) is 0 Å². The summed E-state index contributed by atoms with van der Waals surface area (Å²) in [6.07, 6.45) is 7.49. The van der Waals surface area contributed by atoms with Gasteiger partial charge in [0.05, 0.1) is 18.6 Å². The maximum Gasteiger partial charge on any atom is 0.305 e. The Labute approximate surface area is 224 Å². The normalized spacial score (nSPS) is 20.8. The largest absolute Gasteiger partial charge is 0.481 e. The Morgan fingerprint density at radius 3 is 2.18 bits per heavy atom. The Morgan fingerprint density at radius 2 is 1.64 bits per heavy atom. The predicted molar refractivity (Wildman–Crippen MR) is 139 cm³/mol. The van der Waals surface area contributed by atoms with Crippen molar-refractivity contribution >= 4 is 17.1 Å². The first-order valence-corrected chi connectivity index (χ1v) is 13.1. The van der Waals surface area contributed by atoms with Crippen LogP contribution in [0.4, 0.5) is 8.78 Å². The minimum atomic E-state index is -0.920. The number of aromatic nitrogens is 4. The van der Waals surface area contributed by atoms with Crippen molar-refractivity contribution in [1.82, 2.24) is 20.2 Å². The molecule has 39 heavy (non-hydrogen) atoms. The molecule has 2 fully saturated rings. The van der Waals surface area contributed by atoms with Crippen LogP contribution in [0.1, 0.15) is 61.9 Å². The molecule has 2 heterocycles. The number of carbonyl (C=O) groups is 1. The number of benzene rings is 2. The molecule has 0 amide bonds. The lowest BCUT2D eigenvalue weighted by Crippen LogP contribution is -2.49. The van der Waals surface area contributed by atoms with E-state index < -0.39 is 24.0 Å². The van der Waals surface area contributed by atoms with E-state index in [2.05, 4.69) is 15.5 Å². The third-order valence-electron chi connectivity index (χ3n) is 7.13. The van der Waals surface area contributed by atoms with Gasteiger partial charge in [0.15, 0.2) is 11.6 Å². The zero-order chi connectivity index (χ0) is 27.4. The average Bonchev–Trinajstić information content (AvgIpc) is 3.33. The van der Waals surface area contributed by atoms with E-state index in [1.807, 2.05) is 12.2 Å². The van der Waals surface area contributed by atoms with Gasteiger partial charge in [-0.15, -0.1) is 5.10 Å². The molecule has 1 saturated heterocycles. The first-order chi connectivity index (χ1) is 18.8. The fourth-order valence-electron chi connectivity index (χ4n) is 5.37. The summed E-state index contributed by atoms with van der Waals surface area (Å²) in [5, 5.41) is 21.5. The van der Waals surface area contributed by atoms with Gasteiger partial charge in [0.2, 0.25) is 0 Å². The second kappa shape index (κ2) is 11.5. The molecule has 1 aliphatic carbocycles. The van der Waals surface area contributed by atoms with Crippen molar-refractivity contribution in [2.45, 2.75) is 62.9 Å². The molecule has 10 heteroatoms. The number of halogens is 2. The predicted octanol–water partition coefficient (Wildman–Crippen LogP) is 5.31. The van der Waals surface area contributed by atoms with E-state index in [-0.39, 0.29) is 18.1 Å². The van der Waals surface area contributed by atoms with Crippen molar-refractivity contribution in [3.05, 3.63) is 89.3 Å². The molecule has 8 nitrogen and oxygen atoms in total. The Bertz CT molecular complexity index is 1320. The second-order valence-electron chi connectivity index (χ2n) is 9.99. The van der Waals surface area contributed by atoms with Crippen LogP contribution in [0.5, 0.6) is 0 Å². The molecule has 1 aliphatic heterocycles. The summed E-state index contributed by atoms with van der Waals surface area (Å²) in [5.74, 6) is -2.05. The number of rotatable bonds is 7. The van der Waals surface area contributed by atoms with Crippen LogP contribution in [-0.2, 0) is 21.3 Å². The van der Waals surface area contributed by atoms with Crippen LogP contribution in [0.2, 0.25) is 0 Å². The highest BCUT2D eigenvalue weighted by Crippen LogP contribution is 2.41. The number of ether oxygens (including phenoxy) is 2. The molecule has 0 bridgehead atoms. The molecule has 0 unspecified atom stereocenters. The van der Waals surface area contributed by atoms with Crippen LogP contribution in [0.3, 0.4) is 0 Å². The van der Waals surface area contributed by atoms with E-state index in [9.17, 15) is 18.7 Å². The van der Waals surface area contributed by atoms with Gasteiger partial charge < -0.3 is 14.6 Å². The Morgan fingerprint density at radius 1 is 1.03 bits per heavy atom. The lowest BCUT2D eigenvalue weighted by molar-refractivity contribution is -0.320. The van der Waals surface area contributed by atoms with Crippen molar-refractivity contribution in [3.8, 4) is 0 Å². The fraction of sp³-hybridized carbons (Fsp3) is 0.379. The van der Waals surface area contributed by atoms with Gasteiger partial charge in [-0.25, -0.2) is 13.5 Å². The summed E-state index contributed by atoms with van der Waals surface area (Å²) >= 11 is 0. The Kier molecular flexibility index (Phi) is 7.94. The molecule has 0 radical (unpaired) electrons. The summed E-state index contributed by atoms with van der Waals surface area (Å²) in [6.45, 7) is 0. The third kappa shape index (κ3) is 6.29. The van der Waals surface area contributed by atoms with Crippen molar-refractivity contribution in [2.24, 2.45) is 7.05 Å². The van der Waals surface area contributed by atoms with Crippen LogP contribution in [-0.4, -0.2) is 49.3 Å². The topological polar surface area (TPSA) is 99.4 Å². The SMILES string of the molecule is Cn1nnnc1C(C=C[C@H]1C[C@@H](CC(=O)O)OC2(CCCCC2)O1)=C(c1ccc(F)cc1)c1ccc(F)cc1. The highest BCUT2D eigenvalue weighted by atomic mass is 19.1. The Balaban J connectivity index is 1.61. The minimum absolute atomic E-state index is 0.109. The summed E-state index contributed by atoms with van der Waals surface area (Å²) < 4.78 is 41.9. The number of hydrogen-bond donors (Lipinski definition) is 1. The minimum Gasteiger partial charge on any atom is -0.481 e. The number of carboxylic acids is 1. The van der Waals surface area contributed by atoms with Crippen molar-refractivity contribution in [3.63, 3.8) is 0 Å². The molecule has 1 aromatic heterocycles. The molecule has 3 aromatic rings. The zero-order valence-corrected chi connectivity index (χ0v) is 21.6. The summed E-state index contributed by atoms with van der Waals surface area (Å²) in [7, 11) is 1.71. The highest BCUT2D eigenvalue weighted by molar-refractivity contribution is 6.00. The lowest BCUT2D eigenvalue weighted by Gasteiger charge is -2.46. The highest BCUT2D eigenvalue weighted by Gasteiger charge is 2.43. The van der Waals surface area contributed by atoms with E-state index in [4.69, 9.17) is 9.47 Å². The monoisotopic (exact) mass is 536 g/mol. The standard InChI is InChI=1S/C29H30F2N4O4/c1-35-28(32-33-34-35)25(27(19-5-9-21(30)10-6-19)20-7-11-22(31)12-8-20)14-13-23-17-24(18-26(36)37)39-29(38-23)15-3-2-4-16-29/h5-14,23-24H,2-4,15-18H2,1H3,(H,36,37)/t23-,24-/m0/s1. The van der Waals surface area contributed by atoms with E-state index in [0.717, 1.165) is 19.3 Å². The van der Waals surface area contributed by atoms with Crippen LogP contribution in [0.15, 0.2) is 60.7 Å². The van der Waals surface area contributed by atoms with Crippen molar-refractivity contribution in [2.75, 3.05) is 0 Å². The first kappa shape index (κ1) is 26.8. The number of aryl methyl sites for hydroxylation is 1. The number of allylic oxidation sites excluding steroid dienone is 2. The molecule has 1 saturated carbocycles. The number of hydrogen-bond acceptors (Lipinski definition) is 6. The third-order valence-corrected chi connectivity index (χ3v) is 7.13. The fourth-order valence-corrected chi connectivity index (χ4v) is 5.37. The van der Waals surface area contributed by atoms with Gasteiger partial charge in [-0.2, -0.15) is 0 Å². The molecular weight excluding hydrogens is 506 g/mol. The maximum atomic E-state index is 13.8. The maximum absolute atomic E-state index is 13.8. The van der Waals surface area contributed by atoms with E-state index in [1.165, 1.54) is 28.9 Å². The number of aliphatic carboxylic acids is 1. The first-order valence-electron chi connectivity index (χ1n) is 13.1. The molecule has 2 atom stereocenters. The van der Waals surface area contributed by atoms with Gasteiger partial charge in [0.1, 0.15) is 11.6 Å². The number of nitrogens with zero attached hydrogens (tertiary/aromatic N) is 4. The average molecular weight is 537 g/mol. The van der Waals surface area contributed by atoms with E-state index >= 15 is 0 Å². The van der Waals surface area contributed by atoms with E-state index in [0.29, 0.717) is 47.4 Å². The molecule has 2 aromatic carbocycles. The second-order valence-corrected chi connectivity index (χ2v) is 9.99.